The summed E-state index contributed by atoms with van der Waals surface area (Å²) in [5, 5.41) is 3.73. The minimum absolute atomic E-state index is 0.649. The van der Waals surface area contributed by atoms with Crippen molar-refractivity contribution in [1.82, 2.24) is 10.2 Å². The molecule has 22 heavy (non-hydrogen) atoms. The van der Waals surface area contributed by atoms with Crippen LogP contribution in [-0.4, -0.2) is 50.3 Å². The van der Waals surface area contributed by atoms with Crippen LogP contribution in [0.15, 0.2) is 18.2 Å². The second kappa shape index (κ2) is 6.88. The summed E-state index contributed by atoms with van der Waals surface area (Å²) in [6, 6.07) is 8.46. The van der Waals surface area contributed by atoms with Crippen molar-refractivity contribution in [1.29, 1.82) is 0 Å². The van der Waals surface area contributed by atoms with Crippen LogP contribution >= 0.6 is 0 Å². The zero-order chi connectivity index (χ0) is 15.5. The van der Waals surface area contributed by atoms with Crippen molar-refractivity contribution in [3.8, 4) is 11.5 Å². The third-order valence-corrected chi connectivity index (χ3v) is 4.93. The van der Waals surface area contributed by atoms with Crippen molar-refractivity contribution >= 4 is 0 Å². The van der Waals surface area contributed by atoms with Crippen molar-refractivity contribution in [3.63, 3.8) is 0 Å². The molecule has 0 aromatic heterocycles. The summed E-state index contributed by atoms with van der Waals surface area (Å²) in [6.45, 7) is 4.61. The Morgan fingerprint density at radius 3 is 2.64 bits per heavy atom. The van der Waals surface area contributed by atoms with E-state index in [2.05, 4.69) is 29.3 Å². The lowest BCUT2D eigenvalue weighted by Crippen LogP contribution is -2.35. The molecule has 2 atom stereocenters. The predicted molar refractivity (Wildman–Crippen MR) is 88.8 cm³/mol. The molecule has 0 radical (unpaired) electrons. The molecule has 0 spiro atoms. The van der Waals surface area contributed by atoms with E-state index in [1.165, 1.54) is 31.4 Å². The van der Waals surface area contributed by atoms with Crippen molar-refractivity contribution < 1.29 is 9.47 Å². The Labute approximate surface area is 133 Å². The molecule has 1 N–H and O–H groups in total. The van der Waals surface area contributed by atoms with Gasteiger partial charge in [0.2, 0.25) is 0 Å². The van der Waals surface area contributed by atoms with Crippen LogP contribution in [0.5, 0.6) is 11.5 Å². The Morgan fingerprint density at radius 2 is 1.95 bits per heavy atom. The summed E-state index contributed by atoms with van der Waals surface area (Å²) in [7, 11) is 3.36. The lowest BCUT2D eigenvalue weighted by Gasteiger charge is -2.19. The second-order valence-corrected chi connectivity index (χ2v) is 6.60. The molecule has 4 heteroatoms. The number of methoxy groups -OCH3 is 2. The summed E-state index contributed by atoms with van der Waals surface area (Å²) in [5.41, 5.74) is 1.29. The highest BCUT2D eigenvalue weighted by Crippen LogP contribution is 2.33. The van der Waals surface area contributed by atoms with Crippen LogP contribution in [0.25, 0.3) is 0 Å². The Morgan fingerprint density at radius 1 is 1.18 bits per heavy atom. The zero-order valence-corrected chi connectivity index (χ0v) is 14.0. The van der Waals surface area contributed by atoms with Gasteiger partial charge in [0, 0.05) is 24.7 Å². The predicted octanol–water partition coefficient (Wildman–Crippen LogP) is 2.46. The molecule has 1 saturated carbocycles. The molecule has 122 valence electrons. The topological polar surface area (TPSA) is 33.7 Å². The average Bonchev–Trinajstić information content (AvgIpc) is 3.31. The van der Waals surface area contributed by atoms with Crippen molar-refractivity contribution in [3.05, 3.63) is 23.8 Å². The maximum absolute atomic E-state index is 5.37. The number of hydrogen-bond donors (Lipinski definition) is 1. The van der Waals surface area contributed by atoms with Gasteiger partial charge in [-0.05, 0) is 56.8 Å². The molecule has 0 unspecified atom stereocenters. The summed E-state index contributed by atoms with van der Waals surface area (Å²) < 4.78 is 10.6. The van der Waals surface area contributed by atoms with E-state index in [1.54, 1.807) is 14.2 Å². The van der Waals surface area contributed by atoms with Gasteiger partial charge >= 0.3 is 0 Å². The highest BCUT2D eigenvalue weighted by molar-refractivity contribution is 5.42. The number of benzene rings is 1. The number of ether oxygens (including phenoxy) is 2. The minimum atomic E-state index is 0.649. The molecule has 0 amide bonds. The van der Waals surface area contributed by atoms with Crippen LogP contribution in [0.3, 0.4) is 0 Å². The van der Waals surface area contributed by atoms with Crippen LogP contribution < -0.4 is 14.8 Å². The lowest BCUT2D eigenvalue weighted by atomic mass is 10.1. The minimum Gasteiger partial charge on any atom is -0.493 e. The SMILES string of the molecule is COc1ccc(CCN[C@@H]2C[C@@H](C)N(C3CC3)C2)cc1OC. The van der Waals surface area contributed by atoms with Crippen LogP contribution in [-0.2, 0) is 6.42 Å². The smallest absolute Gasteiger partial charge is 0.160 e. The highest BCUT2D eigenvalue weighted by atomic mass is 16.5. The zero-order valence-electron chi connectivity index (χ0n) is 14.0. The monoisotopic (exact) mass is 304 g/mol. The maximum Gasteiger partial charge on any atom is 0.160 e. The summed E-state index contributed by atoms with van der Waals surface area (Å²) in [4.78, 5) is 2.69. The first-order chi connectivity index (χ1) is 10.7. The highest BCUT2D eigenvalue weighted by Gasteiger charge is 2.38. The molecule has 1 aliphatic carbocycles. The fraction of sp³-hybridized carbons (Fsp3) is 0.667. The van der Waals surface area contributed by atoms with E-state index in [9.17, 15) is 0 Å². The first-order valence-corrected chi connectivity index (χ1v) is 8.41. The van der Waals surface area contributed by atoms with E-state index in [1.807, 2.05) is 6.07 Å². The molecule has 2 fully saturated rings. The number of rotatable bonds is 7. The summed E-state index contributed by atoms with van der Waals surface area (Å²) in [6.07, 6.45) is 5.11. The maximum atomic E-state index is 5.37. The molecule has 4 nitrogen and oxygen atoms in total. The van der Waals surface area contributed by atoms with E-state index < -0.39 is 0 Å². The molecule has 3 rings (SSSR count). The normalized spacial score (nSPS) is 25.4. The van der Waals surface area contributed by atoms with Gasteiger partial charge in [0.25, 0.3) is 0 Å². The van der Waals surface area contributed by atoms with E-state index >= 15 is 0 Å². The number of hydrogen-bond acceptors (Lipinski definition) is 4. The summed E-state index contributed by atoms with van der Waals surface area (Å²) >= 11 is 0. The first kappa shape index (κ1) is 15.6. The number of nitrogens with one attached hydrogen (secondary N) is 1. The van der Waals surface area contributed by atoms with Gasteiger partial charge in [-0.1, -0.05) is 6.07 Å². The van der Waals surface area contributed by atoms with Gasteiger partial charge in [-0.2, -0.15) is 0 Å². The third-order valence-electron chi connectivity index (χ3n) is 4.93. The Kier molecular flexibility index (Phi) is 4.89. The van der Waals surface area contributed by atoms with Crippen LogP contribution in [0, 0.1) is 0 Å². The molecule has 2 aliphatic rings. The van der Waals surface area contributed by atoms with Crippen LogP contribution in [0.1, 0.15) is 31.7 Å². The van der Waals surface area contributed by atoms with Crippen molar-refractivity contribution in [2.75, 3.05) is 27.3 Å². The van der Waals surface area contributed by atoms with E-state index in [-0.39, 0.29) is 0 Å². The van der Waals surface area contributed by atoms with Crippen LogP contribution in [0.2, 0.25) is 0 Å². The number of nitrogens with zero attached hydrogens (tertiary/aromatic N) is 1. The molecular formula is C18H28N2O2. The number of likely N-dealkylation sites (tertiary alicyclic amines) is 1. The third kappa shape index (κ3) is 3.55. The molecule has 1 heterocycles. The van der Waals surface area contributed by atoms with Gasteiger partial charge in [-0.15, -0.1) is 0 Å². The van der Waals surface area contributed by atoms with E-state index in [4.69, 9.17) is 9.47 Å². The quantitative estimate of drug-likeness (QED) is 0.839. The molecule has 0 bridgehead atoms. The van der Waals surface area contributed by atoms with Gasteiger partial charge in [-0.25, -0.2) is 0 Å². The lowest BCUT2D eigenvalue weighted by molar-refractivity contribution is 0.255. The van der Waals surface area contributed by atoms with Gasteiger partial charge in [0.1, 0.15) is 0 Å². The Hall–Kier alpha value is -1.26. The van der Waals surface area contributed by atoms with Crippen molar-refractivity contribution in [2.24, 2.45) is 0 Å². The first-order valence-electron chi connectivity index (χ1n) is 8.41. The molecule has 1 aliphatic heterocycles. The van der Waals surface area contributed by atoms with Gasteiger partial charge in [0.15, 0.2) is 11.5 Å². The molecule has 1 aromatic carbocycles. The van der Waals surface area contributed by atoms with E-state index in [0.29, 0.717) is 6.04 Å². The van der Waals surface area contributed by atoms with Gasteiger partial charge in [-0.3, -0.25) is 4.90 Å². The largest absolute Gasteiger partial charge is 0.493 e. The summed E-state index contributed by atoms with van der Waals surface area (Å²) in [5.74, 6) is 1.61. The molecular weight excluding hydrogens is 276 g/mol. The molecule has 1 aromatic rings. The van der Waals surface area contributed by atoms with Gasteiger partial charge < -0.3 is 14.8 Å². The Bertz CT molecular complexity index is 502. The van der Waals surface area contributed by atoms with E-state index in [0.717, 1.165) is 36.5 Å². The standard InChI is InChI=1S/C18H28N2O2/c1-13-10-15(12-20(13)16-5-6-16)19-9-8-14-4-7-17(21-2)18(11-14)22-3/h4,7,11,13,15-16,19H,5-6,8-10,12H2,1-3H3/t13-,15-/m1/s1. The van der Waals surface area contributed by atoms with Crippen LogP contribution in [0.4, 0.5) is 0 Å². The Balaban J connectivity index is 1.47. The molecule has 1 saturated heterocycles. The van der Waals surface area contributed by atoms with Gasteiger partial charge in [0.05, 0.1) is 14.2 Å². The van der Waals surface area contributed by atoms with Crippen molar-refractivity contribution in [2.45, 2.75) is 50.7 Å². The fourth-order valence-corrected chi connectivity index (χ4v) is 3.58. The second-order valence-electron chi connectivity index (χ2n) is 6.60. The fourth-order valence-electron chi connectivity index (χ4n) is 3.58. The average molecular weight is 304 g/mol.